The SMILES string of the molecule is NCc1coc(C(=O)NC2CC2)c1. The van der Waals surface area contributed by atoms with Crippen LogP contribution < -0.4 is 11.1 Å². The van der Waals surface area contributed by atoms with Crippen molar-refractivity contribution in [3.8, 4) is 0 Å². The standard InChI is InChI=1S/C9H12N2O2/c10-4-6-3-8(13-5-6)9(12)11-7-1-2-7/h3,5,7H,1-2,4,10H2,(H,11,12). The van der Waals surface area contributed by atoms with Crippen molar-refractivity contribution in [2.24, 2.45) is 5.73 Å². The van der Waals surface area contributed by atoms with Gasteiger partial charge in [0.15, 0.2) is 5.76 Å². The molecule has 3 N–H and O–H groups in total. The fourth-order valence-corrected chi connectivity index (χ4v) is 1.09. The molecule has 0 atom stereocenters. The lowest BCUT2D eigenvalue weighted by Crippen LogP contribution is -2.24. The van der Waals surface area contributed by atoms with Crippen molar-refractivity contribution in [2.75, 3.05) is 0 Å². The zero-order valence-corrected chi connectivity index (χ0v) is 7.25. The van der Waals surface area contributed by atoms with E-state index in [0.717, 1.165) is 18.4 Å². The van der Waals surface area contributed by atoms with Gasteiger partial charge in [-0.1, -0.05) is 0 Å². The summed E-state index contributed by atoms with van der Waals surface area (Å²) in [6, 6.07) is 2.04. The van der Waals surface area contributed by atoms with Crippen LogP contribution in [0.5, 0.6) is 0 Å². The smallest absolute Gasteiger partial charge is 0.287 e. The van der Waals surface area contributed by atoms with Crippen LogP contribution in [0, 0.1) is 0 Å². The molecule has 70 valence electrons. The third kappa shape index (κ3) is 1.89. The lowest BCUT2D eigenvalue weighted by atomic mass is 10.3. The van der Waals surface area contributed by atoms with E-state index in [1.807, 2.05) is 0 Å². The molecule has 0 bridgehead atoms. The van der Waals surface area contributed by atoms with Gasteiger partial charge in [0.2, 0.25) is 0 Å². The fraction of sp³-hybridized carbons (Fsp3) is 0.444. The molecule has 1 aromatic heterocycles. The van der Waals surface area contributed by atoms with Crippen LogP contribution in [0.25, 0.3) is 0 Å². The first-order chi connectivity index (χ1) is 6.29. The van der Waals surface area contributed by atoms with Crippen LogP contribution in [0.4, 0.5) is 0 Å². The molecule has 1 amide bonds. The molecule has 13 heavy (non-hydrogen) atoms. The number of nitrogens with two attached hydrogens (primary N) is 1. The Balaban J connectivity index is 2.01. The Hall–Kier alpha value is -1.29. The Bertz CT molecular complexity index is 315. The van der Waals surface area contributed by atoms with Gasteiger partial charge < -0.3 is 15.5 Å². The molecule has 0 spiro atoms. The third-order valence-corrected chi connectivity index (χ3v) is 2.03. The van der Waals surface area contributed by atoms with E-state index in [4.69, 9.17) is 10.2 Å². The molecule has 0 saturated heterocycles. The highest BCUT2D eigenvalue weighted by atomic mass is 16.3. The summed E-state index contributed by atoms with van der Waals surface area (Å²) in [5.41, 5.74) is 6.23. The normalized spacial score (nSPS) is 15.8. The molecule has 0 unspecified atom stereocenters. The van der Waals surface area contributed by atoms with Gasteiger partial charge in [0.25, 0.3) is 5.91 Å². The van der Waals surface area contributed by atoms with Crippen molar-refractivity contribution < 1.29 is 9.21 Å². The average Bonchev–Trinajstić information content (AvgIpc) is 2.82. The maximum Gasteiger partial charge on any atom is 0.287 e. The summed E-state index contributed by atoms with van der Waals surface area (Å²) in [7, 11) is 0. The molecule has 1 aromatic rings. The number of carbonyl (C=O) groups is 1. The maximum atomic E-state index is 11.4. The third-order valence-electron chi connectivity index (χ3n) is 2.03. The second kappa shape index (κ2) is 3.22. The topological polar surface area (TPSA) is 68.3 Å². The zero-order valence-electron chi connectivity index (χ0n) is 7.25. The first-order valence-corrected chi connectivity index (χ1v) is 4.38. The summed E-state index contributed by atoms with van der Waals surface area (Å²) in [5.74, 6) is 0.217. The predicted molar refractivity (Wildman–Crippen MR) is 47.1 cm³/mol. The van der Waals surface area contributed by atoms with Gasteiger partial charge in [-0.05, 0) is 18.9 Å². The molecule has 4 heteroatoms. The highest BCUT2D eigenvalue weighted by Gasteiger charge is 2.24. The summed E-state index contributed by atoms with van der Waals surface area (Å²) in [6.07, 6.45) is 3.67. The van der Waals surface area contributed by atoms with Gasteiger partial charge >= 0.3 is 0 Å². The Morgan fingerprint density at radius 2 is 2.46 bits per heavy atom. The highest BCUT2D eigenvalue weighted by Crippen LogP contribution is 2.19. The van der Waals surface area contributed by atoms with E-state index in [9.17, 15) is 4.79 Å². The predicted octanol–water partition coefficient (Wildman–Crippen LogP) is 0.630. The van der Waals surface area contributed by atoms with Gasteiger partial charge in [-0.25, -0.2) is 0 Å². The Morgan fingerprint density at radius 3 is 3.00 bits per heavy atom. The van der Waals surface area contributed by atoms with E-state index < -0.39 is 0 Å². The number of furan rings is 1. The van der Waals surface area contributed by atoms with Crippen LogP contribution in [0.1, 0.15) is 29.0 Å². The molecular weight excluding hydrogens is 168 g/mol. The van der Waals surface area contributed by atoms with E-state index in [2.05, 4.69) is 5.32 Å². The molecule has 1 aliphatic rings. The molecule has 1 saturated carbocycles. The van der Waals surface area contributed by atoms with Crippen LogP contribution in [0.15, 0.2) is 16.7 Å². The monoisotopic (exact) mass is 180 g/mol. The molecule has 1 heterocycles. The summed E-state index contributed by atoms with van der Waals surface area (Å²) in [5, 5.41) is 2.83. The summed E-state index contributed by atoms with van der Waals surface area (Å²) in [6.45, 7) is 0.403. The molecule has 0 aliphatic heterocycles. The van der Waals surface area contributed by atoms with Crippen LogP contribution >= 0.6 is 0 Å². The number of hydrogen-bond donors (Lipinski definition) is 2. The number of nitrogens with one attached hydrogen (secondary N) is 1. The molecule has 2 rings (SSSR count). The minimum absolute atomic E-state index is 0.137. The van der Waals surface area contributed by atoms with Crippen molar-refractivity contribution >= 4 is 5.91 Å². The fourth-order valence-electron chi connectivity index (χ4n) is 1.09. The second-order valence-corrected chi connectivity index (χ2v) is 3.27. The largest absolute Gasteiger partial charge is 0.459 e. The van der Waals surface area contributed by atoms with Crippen LogP contribution in [-0.2, 0) is 6.54 Å². The van der Waals surface area contributed by atoms with Crippen molar-refractivity contribution in [1.29, 1.82) is 0 Å². The molecule has 4 nitrogen and oxygen atoms in total. The highest BCUT2D eigenvalue weighted by molar-refractivity contribution is 5.92. The zero-order chi connectivity index (χ0) is 9.26. The number of carbonyl (C=O) groups excluding carboxylic acids is 1. The Kier molecular flexibility index (Phi) is 2.06. The summed E-state index contributed by atoms with van der Waals surface area (Å²) >= 11 is 0. The average molecular weight is 180 g/mol. The van der Waals surface area contributed by atoms with Gasteiger partial charge in [0.1, 0.15) is 0 Å². The van der Waals surface area contributed by atoms with Gasteiger partial charge in [0.05, 0.1) is 6.26 Å². The number of rotatable bonds is 3. The van der Waals surface area contributed by atoms with Gasteiger partial charge in [-0.15, -0.1) is 0 Å². The van der Waals surface area contributed by atoms with E-state index >= 15 is 0 Å². The van der Waals surface area contributed by atoms with Crippen molar-refractivity contribution in [3.05, 3.63) is 23.7 Å². The van der Waals surface area contributed by atoms with Crippen LogP contribution in [0.3, 0.4) is 0 Å². The van der Waals surface area contributed by atoms with Gasteiger partial charge in [-0.2, -0.15) is 0 Å². The molecule has 1 aliphatic carbocycles. The first kappa shape index (κ1) is 8.31. The minimum atomic E-state index is -0.137. The molecule has 0 radical (unpaired) electrons. The second-order valence-electron chi connectivity index (χ2n) is 3.27. The first-order valence-electron chi connectivity index (χ1n) is 4.38. The number of amides is 1. The van der Waals surface area contributed by atoms with E-state index in [-0.39, 0.29) is 5.91 Å². The maximum absolute atomic E-state index is 11.4. The molecular formula is C9H12N2O2. The van der Waals surface area contributed by atoms with E-state index in [1.165, 1.54) is 6.26 Å². The minimum Gasteiger partial charge on any atom is -0.459 e. The van der Waals surface area contributed by atoms with E-state index in [0.29, 0.717) is 18.3 Å². The summed E-state index contributed by atoms with van der Waals surface area (Å²) < 4.78 is 5.05. The Morgan fingerprint density at radius 1 is 1.69 bits per heavy atom. The van der Waals surface area contributed by atoms with E-state index in [1.54, 1.807) is 6.07 Å². The summed E-state index contributed by atoms with van der Waals surface area (Å²) in [4.78, 5) is 11.4. The molecule has 1 fully saturated rings. The van der Waals surface area contributed by atoms with Crippen molar-refractivity contribution in [2.45, 2.75) is 25.4 Å². The Labute approximate surface area is 76.1 Å². The van der Waals surface area contributed by atoms with Crippen molar-refractivity contribution in [3.63, 3.8) is 0 Å². The van der Waals surface area contributed by atoms with Crippen LogP contribution in [-0.4, -0.2) is 11.9 Å². The van der Waals surface area contributed by atoms with Crippen molar-refractivity contribution in [1.82, 2.24) is 5.32 Å². The quantitative estimate of drug-likeness (QED) is 0.716. The van der Waals surface area contributed by atoms with Crippen LogP contribution in [0.2, 0.25) is 0 Å². The number of hydrogen-bond acceptors (Lipinski definition) is 3. The molecule has 0 aromatic carbocycles. The lowest BCUT2D eigenvalue weighted by molar-refractivity contribution is 0.0923. The van der Waals surface area contributed by atoms with Gasteiger partial charge in [-0.3, -0.25) is 4.79 Å². The lowest BCUT2D eigenvalue weighted by Gasteiger charge is -1.97. The van der Waals surface area contributed by atoms with Gasteiger partial charge in [0, 0.05) is 18.2 Å².